The third kappa shape index (κ3) is 6.36. The van der Waals surface area contributed by atoms with E-state index in [2.05, 4.69) is 10.3 Å². The van der Waals surface area contributed by atoms with Gasteiger partial charge in [0.2, 0.25) is 0 Å². The summed E-state index contributed by atoms with van der Waals surface area (Å²) in [6.07, 6.45) is 1.36. The number of benzene rings is 1. The molecule has 2 aromatic rings. The number of amides is 3. The highest BCUT2D eigenvalue weighted by Crippen LogP contribution is 2.30. The number of imide groups is 1. The van der Waals surface area contributed by atoms with E-state index < -0.39 is 24.5 Å². The molecular weight excluding hydrogens is 394 g/mol. The van der Waals surface area contributed by atoms with Crippen LogP contribution in [0, 0.1) is 0 Å². The van der Waals surface area contributed by atoms with Gasteiger partial charge in [-0.25, -0.2) is 9.59 Å². The predicted octanol–water partition coefficient (Wildman–Crippen LogP) is 2.52. The van der Waals surface area contributed by atoms with Crippen molar-refractivity contribution in [2.45, 2.75) is 20.8 Å². The summed E-state index contributed by atoms with van der Waals surface area (Å²) in [5.74, 6) is -0.888. The summed E-state index contributed by atoms with van der Waals surface area (Å²) in [6.45, 7) is 5.20. The second-order valence-corrected chi connectivity index (χ2v) is 5.96. The molecule has 2 rings (SSSR count). The Bertz CT molecular complexity index is 936. The van der Waals surface area contributed by atoms with E-state index in [0.29, 0.717) is 36.0 Å². The van der Waals surface area contributed by atoms with Gasteiger partial charge in [-0.2, -0.15) is 0 Å². The molecule has 0 radical (unpaired) electrons. The number of hydrogen-bond donors (Lipinski definition) is 3. The van der Waals surface area contributed by atoms with Gasteiger partial charge in [0.15, 0.2) is 23.9 Å². The van der Waals surface area contributed by atoms with Crippen molar-refractivity contribution in [1.82, 2.24) is 10.3 Å². The third-order valence-electron chi connectivity index (χ3n) is 3.70. The molecule has 0 fully saturated rings. The lowest BCUT2D eigenvalue weighted by Crippen LogP contribution is -2.37. The van der Waals surface area contributed by atoms with E-state index in [4.69, 9.17) is 14.2 Å². The van der Waals surface area contributed by atoms with Crippen molar-refractivity contribution < 1.29 is 33.4 Å². The fraction of sp³-hybridized carbons (Fsp3) is 0.300. The molecule has 1 heterocycles. The topological polar surface area (TPSA) is 136 Å². The number of rotatable bonds is 9. The first-order chi connectivity index (χ1) is 14.3. The van der Waals surface area contributed by atoms with Crippen LogP contribution in [-0.4, -0.2) is 48.5 Å². The first-order valence-corrected chi connectivity index (χ1v) is 9.21. The lowest BCUT2D eigenvalue weighted by atomic mass is 10.2. The molecule has 3 amide bonds. The van der Waals surface area contributed by atoms with Crippen molar-refractivity contribution in [3.8, 4) is 11.5 Å². The van der Waals surface area contributed by atoms with Crippen molar-refractivity contribution in [1.29, 1.82) is 0 Å². The van der Waals surface area contributed by atoms with E-state index in [1.807, 2.05) is 19.2 Å². The Balaban J connectivity index is 1.86. The molecule has 1 aromatic carbocycles. The molecule has 0 atom stereocenters. The Morgan fingerprint density at radius 3 is 2.33 bits per heavy atom. The zero-order valence-electron chi connectivity index (χ0n) is 16.9. The predicted molar refractivity (Wildman–Crippen MR) is 107 cm³/mol. The molecule has 3 N–H and O–H groups in total. The number of hydrogen-bond acceptors (Lipinski definition) is 7. The lowest BCUT2D eigenvalue weighted by Gasteiger charge is -2.13. The number of H-pyrrole nitrogens is 1. The number of aromatic amines is 1. The van der Waals surface area contributed by atoms with E-state index in [9.17, 15) is 19.2 Å². The molecular formula is C20H23N3O7. The highest BCUT2D eigenvalue weighted by molar-refractivity contribution is 6.02. The van der Waals surface area contributed by atoms with Gasteiger partial charge in [0.25, 0.3) is 5.91 Å². The summed E-state index contributed by atoms with van der Waals surface area (Å²) in [5, 5.41) is 4.53. The molecule has 0 aliphatic carbocycles. The number of nitrogens with one attached hydrogen (secondary N) is 3. The normalized spacial score (nSPS) is 10.1. The van der Waals surface area contributed by atoms with Gasteiger partial charge >= 0.3 is 12.0 Å². The zero-order chi connectivity index (χ0) is 22.1. The third-order valence-corrected chi connectivity index (χ3v) is 3.70. The molecule has 0 saturated heterocycles. The molecule has 10 heteroatoms. The standard InChI is InChI=1S/C20H23N3O7/c1-4-28-16-7-6-14(9-17(16)29-5-2)22-20(27)23-18(25)11-30-19(26)15-8-13(10-21-15)12(3)24/h6-10,21H,4-5,11H2,1-3H3,(H2,22,23,25,27). The van der Waals surface area contributed by atoms with Crippen molar-refractivity contribution in [3.63, 3.8) is 0 Å². The minimum Gasteiger partial charge on any atom is -0.490 e. The fourth-order valence-electron chi connectivity index (χ4n) is 2.38. The van der Waals surface area contributed by atoms with Crippen LogP contribution >= 0.6 is 0 Å². The lowest BCUT2D eigenvalue weighted by molar-refractivity contribution is -0.123. The minimum absolute atomic E-state index is 0.0234. The molecule has 10 nitrogen and oxygen atoms in total. The summed E-state index contributed by atoms with van der Waals surface area (Å²) < 4.78 is 15.7. The van der Waals surface area contributed by atoms with Gasteiger partial charge < -0.3 is 24.5 Å². The van der Waals surface area contributed by atoms with Crippen molar-refractivity contribution in [3.05, 3.63) is 41.7 Å². The first kappa shape index (κ1) is 22.5. The van der Waals surface area contributed by atoms with Gasteiger partial charge in [-0.05, 0) is 39.0 Å². The number of esters is 1. The molecule has 0 unspecified atom stereocenters. The molecule has 0 saturated carbocycles. The number of urea groups is 1. The van der Waals surface area contributed by atoms with Gasteiger partial charge in [-0.3, -0.25) is 14.9 Å². The monoisotopic (exact) mass is 417 g/mol. The van der Waals surface area contributed by atoms with Crippen LogP contribution in [0.4, 0.5) is 10.5 Å². The van der Waals surface area contributed by atoms with Gasteiger partial charge in [-0.15, -0.1) is 0 Å². The van der Waals surface area contributed by atoms with Crippen LogP contribution in [0.5, 0.6) is 11.5 Å². The Kier molecular flexibility index (Phi) is 7.98. The summed E-state index contributed by atoms with van der Waals surface area (Å²) in [5.41, 5.74) is 0.718. The maximum Gasteiger partial charge on any atom is 0.355 e. The van der Waals surface area contributed by atoms with Gasteiger partial charge in [0, 0.05) is 23.5 Å². The average Bonchev–Trinajstić information content (AvgIpc) is 3.19. The van der Waals surface area contributed by atoms with Crippen molar-refractivity contribution in [2.24, 2.45) is 0 Å². The molecule has 0 bridgehead atoms. The molecule has 0 aliphatic rings. The van der Waals surface area contributed by atoms with E-state index in [0.717, 1.165) is 0 Å². The van der Waals surface area contributed by atoms with Crippen LogP contribution in [0.3, 0.4) is 0 Å². The Labute approximate surface area is 172 Å². The second-order valence-electron chi connectivity index (χ2n) is 5.96. The van der Waals surface area contributed by atoms with E-state index >= 15 is 0 Å². The number of ether oxygens (including phenoxy) is 3. The Hall–Kier alpha value is -3.82. The van der Waals surface area contributed by atoms with Crippen molar-refractivity contribution in [2.75, 3.05) is 25.1 Å². The number of carbonyl (C=O) groups excluding carboxylic acids is 4. The highest BCUT2D eigenvalue weighted by Gasteiger charge is 2.16. The molecule has 160 valence electrons. The molecule has 0 aliphatic heterocycles. The second kappa shape index (κ2) is 10.6. The molecule has 0 spiro atoms. The maximum atomic E-state index is 12.0. The van der Waals surface area contributed by atoms with Crippen LogP contribution < -0.4 is 20.1 Å². The largest absolute Gasteiger partial charge is 0.490 e. The highest BCUT2D eigenvalue weighted by atomic mass is 16.5. The van der Waals surface area contributed by atoms with Crippen LogP contribution in [0.15, 0.2) is 30.5 Å². The first-order valence-electron chi connectivity index (χ1n) is 9.21. The average molecular weight is 417 g/mol. The van der Waals surface area contributed by atoms with Crippen LogP contribution in [0.1, 0.15) is 41.6 Å². The van der Waals surface area contributed by atoms with Crippen LogP contribution in [0.2, 0.25) is 0 Å². The van der Waals surface area contributed by atoms with Gasteiger partial charge in [0.1, 0.15) is 5.69 Å². The molecule has 30 heavy (non-hydrogen) atoms. The Morgan fingerprint density at radius 1 is 1.00 bits per heavy atom. The van der Waals surface area contributed by atoms with Crippen molar-refractivity contribution >= 4 is 29.4 Å². The van der Waals surface area contributed by atoms with E-state index in [1.165, 1.54) is 19.2 Å². The SMILES string of the molecule is CCOc1ccc(NC(=O)NC(=O)COC(=O)c2cc(C(C)=O)c[nH]2)cc1OCC. The quantitative estimate of drug-likeness (QED) is 0.421. The minimum atomic E-state index is -0.828. The van der Waals surface area contributed by atoms with Crippen LogP contribution in [-0.2, 0) is 9.53 Å². The number of ketones is 1. The van der Waals surface area contributed by atoms with Gasteiger partial charge in [0.05, 0.1) is 13.2 Å². The maximum absolute atomic E-state index is 12.0. The fourth-order valence-corrected chi connectivity index (χ4v) is 2.38. The van der Waals surface area contributed by atoms with Crippen LogP contribution in [0.25, 0.3) is 0 Å². The number of Topliss-reactive ketones (excluding diaryl/α,β-unsaturated/α-hetero) is 1. The van der Waals surface area contributed by atoms with E-state index in [1.54, 1.807) is 18.2 Å². The van der Waals surface area contributed by atoms with E-state index in [-0.39, 0.29) is 11.5 Å². The number of aromatic nitrogens is 1. The summed E-state index contributed by atoms with van der Waals surface area (Å²) >= 11 is 0. The summed E-state index contributed by atoms with van der Waals surface area (Å²) in [7, 11) is 0. The zero-order valence-corrected chi connectivity index (χ0v) is 16.9. The number of anilines is 1. The summed E-state index contributed by atoms with van der Waals surface area (Å²) in [6, 6.07) is 5.31. The Morgan fingerprint density at radius 2 is 1.70 bits per heavy atom. The molecule has 1 aromatic heterocycles. The number of carbonyl (C=O) groups is 4. The summed E-state index contributed by atoms with van der Waals surface area (Å²) in [4.78, 5) is 49.5. The van der Waals surface area contributed by atoms with Gasteiger partial charge in [-0.1, -0.05) is 0 Å². The smallest absolute Gasteiger partial charge is 0.355 e.